The molecule has 1 atom stereocenters. The predicted octanol–water partition coefficient (Wildman–Crippen LogP) is 14.8. The summed E-state index contributed by atoms with van der Waals surface area (Å²) >= 11 is 0. The van der Waals surface area contributed by atoms with E-state index in [0.717, 1.165) is 23.4 Å². The van der Waals surface area contributed by atoms with E-state index in [4.69, 9.17) is 4.98 Å². The van der Waals surface area contributed by atoms with Gasteiger partial charge in [-0.25, -0.2) is 0 Å². The quantitative estimate of drug-likeness (QED) is 0.156. The normalized spacial score (nSPS) is 13.9. The molecule has 0 amide bonds. The third-order valence-electron chi connectivity index (χ3n) is 11.7. The summed E-state index contributed by atoms with van der Waals surface area (Å²) in [6, 6.07) is 66.5. The monoisotopic (exact) mass is 726 g/mol. The lowest BCUT2D eigenvalue weighted by atomic mass is 9.84. The fraction of sp³-hybridized carbons (Fsp3) is 0.0364. The molecule has 0 radical (unpaired) electrons. The number of hydrogen-bond acceptors (Lipinski definition) is 1. The van der Waals surface area contributed by atoms with Crippen molar-refractivity contribution in [2.24, 2.45) is 0 Å². The Morgan fingerprint density at radius 2 is 1.05 bits per heavy atom. The summed E-state index contributed by atoms with van der Waals surface area (Å²) in [5.74, 6) is 0.299. The van der Waals surface area contributed by atoms with Crippen LogP contribution in [0.15, 0.2) is 212 Å². The molecule has 1 unspecified atom stereocenters. The zero-order valence-electron chi connectivity index (χ0n) is 31.4. The highest BCUT2D eigenvalue weighted by Gasteiger charge is 2.21. The number of pyridine rings is 1. The van der Waals surface area contributed by atoms with Crippen LogP contribution in [0.25, 0.3) is 93.5 Å². The van der Waals surface area contributed by atoms with Crippen LogP contribution >= 0.6 is 0 Å². The van der Waals surface area contributed by atoms with Gasteiger partial charge < -0.3 is 4.57 Å². The van der Waals surface area contributed by atoms with Crippen molar-refractivity contribution < 1.29 is 0 Å². The van der Waals surface area contributed by atoms with Crippen molar-refractivity contribution >= 4 is 43.1 Å². The first kappa shape index (κ1) is 33.1. The van der Waals surface area contributed by atoms with Crippen molar-refractivity contribution in [3.63, 3.8) is 0 Å². The summed E-state index contributed by atoms with van der Waals surface area (Å²) in [5.41, 5.74) is 11.6. The van der Waals surface area contributed by atoms with Crippen molar-refractivity contribution in [3.05, 3.63) is 218 Å². The topological polar surface area (TPSA) is 17.8 Å². The van der Waals surface area contributed by atoms with Gasteiger partial charge in [-0.2, -0.15) is 0 Å². The molecule has 0 fully saturated rings. The molecule has 0 aliphatic heterocycles. The fourth-order valence-electron chi connectivity index (χ4n) is 9.00. The van der Waals surface area contributed by atoms with E-state index in [2.05, 4.69) is 211 Å². The third kappa shape index (κ3) is 5.77. The molecular weight excluding hydrogens is 689 g/mol. The Balaban J connectivity index is 1.11. The van der Waals surface area contributed by atoms with E-state index in [1.165, 1.54) is 82.3 Å². The highest BCUT2D eigenvalue weighted by molar-refractivity contribution is 6.22. The molecule has 11 rings (SSSR count). The second-order valence-electron chi connectivity index (χ2n) is 15.1. The van der Waals surface area contributed by atoms with Gasteiger partial charge in [0.25, 0.3) is 0 Å². The molecule has 10 aromatic rings. The Morgan fingerprint density at radius 3 is 1.70 bits per heavy atom. The number of nitrogens with zero attached hydrogens (tertiary/aromatic N) is 2. The summed E-state index contributed by atoms with van der Waals surface area (Å²) in [4.78, 5) is 5.20. The molecule has 0 bridgehead atoms. The zero-order chi connectivity index (χ0) is 37.7. The van der Waals surface area contributed by atoms with Crippen molar-refractivity contribution in [1.29, 1.82) is 0 Å². The lowest BCUT2D eigenvalue weighted by Crippen LogP contribution is -2.07. The molecule has 1 aliphatic carbocycles. The van der Waals surface area contributed by atoms with Gasteiger partial charge in [-0.1, -0.05) is 164 Å². The Bertz CT molecular complexity index is 3200. The van der Waals surface area contributed by atoms with Crippen LogP contribution < -0.4 is 0 Å². The minimum absolute atomic E-state index is 0.299. The minimum atomic E-state index is 0.299. The first-order valence-electron chi connectivity index (χ1n) is 19.8. The van der Waals surface area contributed by atoms with E-state index in [9.17, 15) is 0 Å². The molecule has 2 heterocycles. The van der Waals surface area contributed by atoms with Gasteiger partial charge in [0.15, 0.2) is 0 Å². The van der Waals surface area contributed by atoms with Crippen LogP contribution in [0.1, 0.15) is 18.0 Å². The van der Waals surface area contributed by atoms with Crippen LogP contribution in [0.2, 0.25) is 0 Å². The maximum atomic E-state index is 5.20. The van der Waals surface area contributed by atoms with E-state index < -0.39 is 0 Å². The van der Waals surface area contributed by atoms with Gasteiger partial charge in [0.2, 0.25) is 0 Å². The third-order valence-corrected chi connectivity index (χ3v) is 11.7. The van der Waals surface area contributed by atoms with Gasteiger partial charge >= 0.3 is 0 Å². The lowest BCUT2D eigenvalue weighted by molar-refractivity contribution is 0.785. The van der Waals surface area contributed by atoms with Crippen LogP contribution in [-0.2, 0) is 0 Å². The molecule has 1 aliphatic rings. The summed E-state index contributed by atoms with van der Waals surface area (Å²) < 4.78 is 2.39. The fourth-order valence-corrected chi connectivity index (χ4v) is 9.00. The highest BCUT2D eigenvalue weighted by Crippen LogP contribution is 2.46. The van der Waals surface area contributed by atoms with Gasteiger partial charge in [-0.3, -0.25) is 4.98 Å². The van der Waals surface area contributed by atoms with E-state index in [1.807, 2.05) is 6.20 Å². The number of aromatic nitrogens is 2. The Morgan fingerprint density at radius 1 is 0.439 bits per heavy atom. The zero-order valence-corrected chi connectivity index (χ0v) is 31.4. The van der Waals surface area contributed by atoms with Gasteiger partial charge in [-0.05, 0) is 120 Å². The average molecular weight is 727 g/mol. The summed E-state index contributed by atoms with van der Waals surface area (Å²) in [6.45, 7) is 0. The standard InChI is InChI=1S/C55H38N2/c1-3-15-39(16-4-1)52-31-32-53(40-17-5-2-6-18-40)57(52)46-28-30-51(56-36-46)43-27-29-49-50(35-43)55(45-26-24-38-14-8-10-20-42(38)34-45)48-22-12-11-21-47(48)54(49)44-25-23-37-13-7-9-19-41(37)33-44/h1-17,19-36,40H,18H2. The Kier molecular flexibility index (Phi) is 8.00. The molecule has 268 valence electrons. The average Bonchev–Trinajstić information content (AvgIpc) is 3.74. The maximum absolute atomic E-state index is 5.20. The summed E-state index contributed by atoms with van der Waals surface area (Å²) in [5, 5.41) is 9.89. The van der Waals surface area contributed by atoms with Gasteiger partial charge in [0.1, 0.15) is 0 Å². The molecule has 2 aromatic heterocycles. The summed E-state index contributed by atoms with van der Waals surface area (Å²) in [7, 11) is 0. The first-order chi connectivity index (χ1) is 28.3. The van der Waals surface area contributed by atoms with Gasteiger partial charge in [0.05, 0.1) is 23.3 Å². The molecule has 0 N–H and O–H groups in total. The number of allylic oxidation sites excluding steroid dienone is 4. The van der Waals surface area contributed by atoms with Crippen LogP contribution in [0.3, 0.4) is 0 Å². The first-order valence-corrected chi connectivity index (χ1v) is 19.8. The molecule has 2 nitrogen and oxygen atoms in total. The molecular formula is C55H38N2. The molecule has 2 heteroatoms. The Labute approximate surface area is 332 Å². The molecule has 0 saturated carbocycles. The van der Waals surface area contributed by atoms with Crippen molar-refractivity contribution in [2.45, 2.75) is 12.3 Å². The van der Waals surface area contributed by atoms with E-state index in [-0.39, 0.29) is 0 Å². The van der Waals surface area contributed by atoms with Crippen LogP contribution in [0.5, 0.6) is 0 Å². The second kappa shape index (κ2) is 13.8. The summed E-state index contributed by atoms with van der Waals surface area (Å²) in [6.07, 6.45) is 11.9. The largest absolute Gasteiger partial charge is 0.311 e. The Hall–Kier alpha value is -7.29. The number of fused-ring (bicyclic) bond motifs is 4. The second-order valence-corrected chi connectivity index (χ2v) is 15.1. The van der Waals surface area contributed by atoms with E-state index in [0.29, 0.717) is 5.92 Å². The van der Waals surface area contributed by atoms with Crippen LogP contribution in [0, 0.1) is 0 Å². The number of benzene rings is 8. The smallest absolute Gasteiger partial charge is 0.0703 e. The molecule has 57 heavy (non-hydrogen) atoms. The molecule has 8 aromatic carbocycles. The van der Waals surface area contributed by atoms with Crippen molar-refractivity contribution in [3.8, 4) is 50.5 Å². The minimum Gasteiger partial charge on any atom is -0.311 e. The van der Waals surface area contributed by atoms with E-state index in [1.54, 1.807) is 0 Å². The lowest BCUT2D eigenvalue weighted by Gasteiger charge is -2.20. The van der Waals surface area contributed by atoms with Crippen molar-refractivity contribution in [2.75, 3.05) is 0 Å². The van der Waals surface area contributed by atoms with E-state index >= 15 is 0 Å². The van der Waals surface area contributed by atoms with Gasteiger partial charge in [-0.15, -0.1) is 0 Å². The van der Waals surface area contributed by atoms with Crippen LogP contribution in [0.4, 0.5) is 0 Å². The maximum Gasteiger partial charge on any atom is 0.0703 e. The SMILES string of the molecule is C1=CCC(c2ccc(-c3ccccc3)n2-c2ccc(-c3ccc4c(-c5ccc6ccccc6c5)c5ccccc5c(-c5ccc6ccccc6c5)c4c3)nc2)C=C1. The molecule has 0 saturated heterocycles. The molecule has 0 spiro atoms. The number of hydrogen-bond donors (Lipinski definition) is 0. The number of rotatable bonds is 6. The van der Waals surface area contributed by atoms with Crippen LogP contribution in [-0.4, -0.2) is 9.55 Å². The van der Waals surface area contributed by atoms with Gasteiger partial charge in [0, 0.05) is 17.2 Å². The highest BCUT2D eigenvalue weighted by atomic mass is 15.0. The predicted molar refractivity (Wildman–Crippen MR) is 241 cm³/mol. The van der Waals surface area contributed by atoms with Crippen molar-refractivity contribution in [1.82, 2.24) is 9.55 Å².